The van der Waals surface area contributed by atoms with Crippen LogP contribution < -0.4 is 0 Å². The molecule has 5 atom stereocenters. The van der Waals surface area contributed by atoms with Gasteiger partial charge < -0.3 is 10.2 Å². The van der Waals surface area contributed by atoms with Gasteiger partial charge in [-0.3, -0.25) is 4.79 Å². The molecule has 0 aromatic heterocycles. The predicted octanol–water partition coefficient (Wildman–Crippen LogP) is 5.25. The van der Waals surface area contributed by atoms with Crippen molar-refractivity contribution >= 4 is 29.5 Å². The van der Waals surface area contributed by atoms with Crippen molar-refractivity contribution in [3.63, 3.8) is 0 Å². The maximum absolute atomic E-state index is 10.5. The van der Waals surface area contributed by atoms with Crippen LogP contribution in [-0.4, -0.2) is 37.4 Å². The van der Waals surface area contributed by atoms with E-state index in [4.69, 9.17) is 5.11 Å². The van der Waals surface area contributed by atoms with Gasteiger partial charge in [0.2, 0.25) is 0 Å². The van der Waals surface area contributed by atoms with Gasteiger partial charge in [-0.15, -0.1) is 23.5 Å². The molecular weight excluding hydrogens is 352 g/mol. The topological polar surface area (TPSA) is 57.5 Å². The van der Waals surface area contributed by atoms with Crippen LogP contribution in [0.1, 0.15) is 64.7 Å². The van der Waals surface area contributed by atoms with Crippen molar-refractivity contribution in [2.24, 2.45) is 5.92 Å². The molecule has 0 radical (unpaired) electrons. The first kappa shape index (κ1) is 20.9. The zero-order valence-corrected chi connectivity index (χ0v) is 16.8. The molecule has 2 N–H and O–H groups in total. The van der Waals surface area contributed by atoms with Crippen LogP contribution in [0.5, 0.6) is 0 Å². The fraction of sp³-hybridized carbons (Fsp3) is 0.750. The van der Waals surface area contributed by atoms with E-state index >= 15 is 0 Å². The third-order valence-corrected chi connectivity index (χ3v) is 8.29. The smallest absolute Gasteiger partial charge is 0.303 e. The SMILES string of the molecule is CCCCCC(O)/C=C/C1SC2CC(S2)C1C/C=C/CCCC(=O)O. The van der Waals surface area contributed by atoms with Crippen LogP contribution in [0.4, 0.5) is 0 Å². The Bertz CT molecular complexity index is 458. The van der Waals surface area contributed by atoms with Crippen molar-refractivity contribution in [3.8, 4) is 0 Å². The van der Waals surface area contributed by atoms with E-state index in [1.54, 1.807) is 0 Å². The molecule has 142 valence electrons. The molecule has 0 aromatic rings. The molecule has 0 amide bonds. The third-order valence-electron chi connectivity index (χ3n) is 4.92. The fourth-order valence-electron chi connectivity index (χ4n) is 3.38. The van der Waals surface area contributed by atoms with E-state index < -0.39 is 5.97 Å². The van der Waals surface area contributed by atoms with E-state index in [-0.39, 0.29) is 12.5 Å². The normalized spacial score (nSPS) is 29.8. The van der Waals surface area contributed by atoms with Crippen molar-refractivity contribution in [2.75, 3.05) is 0 Å². The molecule has 3 saturated heterocycles. The Kier molecular flexibility index (Phi) is 9.50. The number of aliphatic carboxylic acids is 1. The van der Waals surface area contributed by atoms with Gasteiger partial charge in [-0.2, -0.15) is 0 Å². The lowest BCUT2D eigenvalue weighted by molar-refractivity contribution is -0.137. The molecule has 0 saturated carbocycles. The number of allylic oxidation sites excluding steroid dienone is 2. The second-order valence-corrected chi connectivity index (χ2v) is 10.2. The molecule has 0 spiro atoms. The summed E-state index contributed by atoms with van der Waals surface area (Å²) in [5, 5.41) is 20.0. The molecule has 5 heteroatoms. The molecule has 25 heavy (non-hydrogen) atoms. The summed E-state index contributed by atoms with van der Waals surface area (Å²) in [5.41, 5.74) is 0. The van der Waals surface area contributed by atoms with Crippen LogP contribution in [-0.2, 0) is 4.79 Å². The van der Waals surface area contributed by atoms with Gasteiger partial charge in [-0.05, 0) is 38.0 Å². The summed E-state index contributed by atoms with van der Waals surface area (Å²) >= 11 is 4.16. The highest BCUT2D eigenvalue weighted by molar-refractivity contribution is 8.19. The molecule has 3 aliphatic heterocycles. The number of thioether (sulfide) groups is 2. The molecule has 0 aliphatic carbocycles. The van der Waals surface area contributed by atoms with Crippen molar-refractivity contribution in [1.82, 2.24) is 0 Å². The number of rotatable bonds is 12. The van der Waals surface area contributed by atoms with Crippen LogP contribution in [0.25, 0.3) is 0 Å². The van der Waals surface area contributed by atoms with E-state index in [1.807, 2.05) is 6.08 Å². The molecule has 3 fully saturated rings. The summed E-state index contributed by atoms with van der Waals surface area (Å²) in [6, 6.07) is 0. The minimum absolute atomic E-state index is 0.255. The molecular formula is C20H32O3S2. The van der Waals surface area contributed by atoms with Gasteiger partial charge in [-0.25, -0.2) is 0 Å². The Labute approximate surface area is 160 Å². The Hall–Kier alpha value is -0.390. The average Bonchev–Trinajstić information content (AvgIpc) is 2.55. The number of carbonyl (C=O) groups is 1. The highest BCUT2D eigenvalue weighted by Crippen LogP contribution is 2.57. The third kappa shape index (κ3) is 7.40. The number of aliphatic hydroxyl groups is 1. The number of carboxylic acid groups (broad SMARTS) is 1. The van der Waals surface area contributed by atoms with Gasteiger partial charge in [0.15, 0.2) is 0 Å². The Morgan fingerprint density at radius 2 is 2.04 bits per heavy atom. The number of hydrogen-bond donors (Lipinski definition) is 2. The van der Waals surface area contributed by atoms with Crippen molar-refractivity contribution in [2.45, 2.75) is 85.9 Å². The molecule has 3 aliphatic rings. The quantitative estimate of drug-likeness (QED) is 0.355. The Balaban J connectivity index is 1.76. The summed E-state index contributed by atoms with van der Waals surface area (Å²) in [7, 11) is 0. The zero-order chi connectivity index (χ0) is 18.1. The maximum Gasteiger partial charge on any atom is 0.303 e. The number of hydrogen-bond acceptors (Lipinski definition) is 4. The number of aliphatic hydroxyl groups excluding tert-OH is 1. The summed E-state index contributed by atoms with van der Waals surface area (Å²) in [6.07, 6.45) is 16.9. The van der Waals surface area contributed by atoms with Gasteiger partial charge in [0.25, 0.3) is 0 Å². The summed E-state index contributed by atoms with van der Waals surface area (Å²) in [4.78, 5) is 10.5. The van der Waals surface area contributed by atoms with Crippen molar-refractivity contribution in [3.05, 3.63) is 24.3 Å². The van der Waals surface area contributed by atoms with Gasteiger partial charge >= 0.3 is 5.97 Å². The Morgan fingerprint density at radius 1 is 1.24 bits per heavy atom. The number of fused-ring (bicyclic) bond motifs is 2. The lowest BCUT2D eigenvalue weighted by atomic mass is 9.92. The van der Waals surface area contributed by atoms with E-state index in [2.05, 4.69) is 48.7 Å². The highest BCUT2D eigenvalue weighted by atomic mass is 32.2. The lowest BCUT2D eigenvalue weighted by Crippen LogP contribution is -2.43. The summed E-state index contributed by atoms with van der Waals surface area (Å²) < 4.78 is 0.743. The number of carboxylic acids is 1. The summed E-state index contributed by atoms with van der Waals surface area (Å²) in [6.45, 7) is 2.19. The molecule has 3 nitrogen and oxygen atoms in total. The van der Waals surface area contributed by atoms with Crippen LogP contribution in [0.15, 0.2) is 24.3 Å². The second kappa shape index (κ2) is 11.3. The zero-order valence-electron chi connectivity index (χ0n) is 15.2. The van der Waals surface area contributed by atoms with Gasteiger partial charge in [0, 0.05) is 16.9 Å². The Morgan fingerprint density at radius 3 is 2.76 bits per heavy atom. The van der Waals surface area contributed by atoms with Gasteiger partial charge in [0.1, 0.15) is 0 Å². The fourth-order valence-corrected chi connectivity index (χ4v) is 7.16. The minimum Gasteiger partial charge on any atom is -0.481 e. The first-order valence-corrected chi connectivity index (χ1v) is 11.5. The van der Waals surface area contributed by atoms with E-state index in [0.717, 1.165) is 41.9 Å². The van der Waals surface area contributed by atoms with Gasteiger partial charge in [0.05, 0.1) is 10.7 Å². The second-order valence-electron chi connectivity index (χ2n) is 7.05. The monoisotopic (exact) mass is 384 g/mol. The predicted molar refractivity (Wildman–Crippen MR) is 109 cm³/mol. The lowest BCUT2D eigenvalue weighted by Gasteiger charge is -2.49. The summed E-state index contributed by atoms with van der Waals surface area (Å²) in [5.74, 6) is -0.0773. The van der Waals surface area contributed by atoms with E-state index in [9.17, 15) is 9.90 Å². The van der Waals surface area contributed by atoms with Gasteiger partial charge in [-0.1, -0.05) is 50.5 Å². The molecule has 0 aromatic carbocycles. The van der Waals surface area contributed by atoms with Crippen LogP contribution >= 0.6 is 23.5 Å². The van der Waals surface area contributed by atoms with Crippen LogP contribution in [0, 0.1) is 5.92 Å². The van der Waals surface area contributed by atoms with E-state index in [1.165, 1.54) is 19.3 Å². The maximum atomic E-state index is 10.5. The molecule has 2 bridgehead atoms. The van der Waals surface area contributed by atoms with Crippen molar-refractivity contribution < 1.29 is 15.0 Å². The van der Waals surface area contributed by atoms with Crippen LogP contribution in [0.3, 0.4) is 0 Å². The highest BCUT2D eigenvalue weighted by Gasteiger charge is 2.45. The first-order valence-electron chi connectivity index (χ1n) is 9.64. The minimum atomic E-state index is -0.711. The van der Waals surface area contributed by atoms with Crippen molar-refractivity contribution in [1.29, 1.82) is 0 Å². The molecule has 3 rings (SSSR count). The standard InChI is InChI=1S/C20H32O3S2/c1-2-3-6-9-15(21)12-13-17-16(18-14-20(24-17)25-18)10-7-4-5-8-11-19(22)23/h4,7,12-13,15-18,20-21H,2-3,5-6,8-11,14H2,1H3,(H,22,23)/b7-4+,13-12+. The average molecular weight is 385 g/mol. The van der Waals surface area contributed by atoms with E-state index in [0.29, 0.717) is 11.2 Å². The largest absolute Gasteiger partial charge is 0.481 e. The first-order chi connectivity index (χ1) is 12.1. The number of unbranched alkanes of at least 4 members (excludes halogenated alkanes) is 3. The molecule has 5 unspecified atom stereocenters. The molecule has 3 heterocycles. The van der Waals surface area contributed by atoms with Crippen LogP contribution in [0.2, 0.25) is 0 Å².